The fourth-order valence-corrected chi connectivity index (χ4v) is 0.681. The lowest BCUT2D eigenvalue weighted by Gasteiger charge is -2.20. The van der Waals surface area contributed by atoms with Crippen molar-refractivity contribution in [2.24, 2.45) is 0 Å². The highest BCUT2D eigenvalue weighted by Gasteiger charge is 2.30. The van der Waals surface area contributed by atoms with Crippen LogP contribution in [0.15, 0.2) is 12.7 Å². The van der Waals surface area contributed by atoms with Crippen molar-refractivity contribution in [2.45, 2.75) is 0 Å². The van der Waals surface area contributed by atoms with Crippen molar-refractivity contribution < 1.29 is 9.68 Å². The summed E-state index contributed by atoms with van der Waals surface area (Å²) in [5, 5.41) is 0. The lowest BCUT2D eigenvalue weighted by molar-refractivity contribution is -0.315. The predicted molar refractivity (Wildman–Crippen MR) is 41.6 cm³/mol. The van der Waals surface area contributed by atoms with E-state index in [-0.39, 0.29) is 4.81 Å². The van der Waals surface area contributed by atoms with E-state index in [1.54, 1.807) is 7.05 Å². The van der Waals surface area contributed by atoms with Crippen molar-refractivity contribution in [1.29, 1.82) is 0 Å². The number of nitrogens with zero attached hydrogens (tertiary/aromatic N) is 4. The van der Waals surface area contributed by atoms with Crippen molar-refractivity contribution >= 4 is 5.95 Å². The molecular formula is C6H11N4O2+. The first-order valence-corrected chi connectivity index (χ1v) is 3.33. The van der Waals surface area contributed by atoms with Crippen LogP contribution in [0.4, 0.5) is 5.95 Å². The largest absolute Gasteiger partial charge is 0.399 e. The van der Waals surface area contributed by atoms with E-state index in [4.69, 9.17) is 9.68 Å². The van der Waals surface area contributed by atoms with Gasteiger partial charge in [-0.3, -0.25) is 0 Å². The van der Waals surface area contributed by atoms with E-state index in [9.17, 15) is 0 Å². The third-order valence-corrected chi connectivity index (χ3v) is 1.54. The topological polar surface area (TPSA) is 57.1 Å². The summed E-state index contributed by atoms with van der Waals surface area (Å²) in [7, 11) is 4.69. The monoisotopic (exact) mass is 171 g/mol. The van der Waals surface area contributed by atoms with Crippen molar-refractivity contribution in [2.75, 3.05) is 21.3 Å². The average molecular weight is 171 g/mol. The smallest absolute Gasteiger partial charge is 0.224 e. The summed E-state index contributed by atoms with van der Waals surface area (Å²) < 4.78 is 0. The average Bonchev–Trinajstić information content (AvgIpc) is 2.18. The van der Waals surface area contributed by atoms with Crippen LogP contribution in [-0.4, -0.2) is 36.2 Å². The Kier molecular flexibility index (Phi) is 2.64. The number of quaternary nitrogens is 1. The minimum Gasteiger partial charge on any atom is -0.224 e. The van der Waals surface area contributed by atoms with Crippen LogP contribution in [0.25, 0.3) is 0 Å². The van der Waals surface area contributed by atoms with Crippen LogP contribution < -0.4 is 4.81 Å². The number of rotatable bonds is 3. The van der Waals surface area contributed by atoms with Crippen molar-refractivity contribution in [3.8, 4) is 0 Å². The minimum absolute atomic E-state index is 0.234. The van der Waals surface area contributed by atoms with Crippen LogP contribution in [0.5, 0.6) is 0 Å². The lowest BCUT2D eigenvalue weighted by atomic mass is 10.9. The van der Waals surface area contributed by atoms with Crippen molar-refractivity contribution in [3.63, 3.8) is 0 Å². The summed E-state index contributed by atoms with van der Waals surface area (Å²) in [5.74, 6) is 0.398. The molecule has 1 aromatic heterocycles. The Labute approximate surface area is 70.3 Å². The molecule has 0 fully saturated rings. The van der Waals surface area contributed by atoms with E-state index < -0.39 is 0 Å². The van der Waals surface area contributed by atoms with E-state index >= 15 is 0 Å². The minimum atomic E-state index is -0.234. The molecule has 0 aromatic carbocycles. The summed E-state index contributed by atoms with van der Waals surface area (Å²) in [6.07, 6.45) is 2.77. The molecule has 0 N–H and O–H groups in total. The van der Waals surface area contributed by atoms with Gasteiger partial charge in [0.15, 0.2) is 0 Å². The van der Waals surface area contributed by atoms with Gasteiger partial charge in [-0.15, -0.1) is 0 Å². The predicted octanol–water partition coefficient (Wildman–Crippen LogP) is -0.0685. The maximum Gasteiger partial charge on any atom is 0.399 e. The summed E-state index contributed by atoms with van der Waals surface area (Å²) >= 11 is 0. The van der Waals surface area contributed by atoms with E-state index in [2.05, 4.69) is 15.0 Å². The fraction of sp³-hybridized carbons (Fsp3) is 0.500. The van der Waals surface area contributed by atoms with Crippen molar-refractivity contribution in [1.82, 2.24) is 19.8 Å². The molecule has 0 aliphatic rings. The molecule has 6 nitrogen and oxygen atoms in total. The summed E-state index contributed by atoms with van der Waals surface area (Å²) in [6.45, 7) is 0. The van der Waals surface area contributed by atoms with Crippen LogP contribution in [0.2, 0.25) is 0 Å². The van der Waals surface area contributed by atoms with Gasteiger partial charge in [-0.05, 0) is 0 Å². The zero-order valence-corrected chi connectivity index (χ0v) is 7.26. The van der Waals surface area contributed by atoms with Crippen molar-refractivity contribution in [3.05, 3.63) is 12.7 Å². The molecule has 0 spiro atoms. The fourth-order valence-electron chi connectivity index (χ4n) is 0.681. The Morgan fingerprint density at radius 2 is 1.67 bits per heavy atom. The van der Waals surface area contributed by atoms with Gasteiger partial charge in [0.2, 0.25) is 0 Å². The van der Waals surface area contributed by atoms with Gasteiger partial charge < -0.3 is 0 Å². The SMILES string of the molecule is CO[N+](C)(OC)c1ncncn1. The maximum absolute atomic E-state index is 5.04. The Morgan fingerprint density at radius 1 is 1.17 bits per heavy atom. The third-order valence-electron chi connectivity index (χ3n) is 1.54. The first-order chi connectivity index (χ1) is 5.73. The maximum atomic E-state index is 5.04. The molecular weight excluding hydrogens is 160 g/mol. The first-order valence-electron chi connectivity index (χ1n) is 3.33. The first kappa shape index (κ1) is 8.98. The molecule has 1 aromatic rings. The van der Waals surface area contributed by atoms with Gasteiger partial charge in [0, 0.05) is 4.81 Å². The van der Waals surface area contributed by atoms with E-state index in [1.165, 1.54) is 26.9 Å². The van der Waals surface area contributed by atoms with Gasteiger partial charge in [0.25, 0.3) is 0 Å². The quantitative estimate of drug-likeness (QED) is 0.470. The van der Waals surface area contributed by atoms with Gasteiger partial charge in [0.1, 0.15) is 33.9 Å². The molecule has 6 heteroatoms. The molecule has 0 aliphatic carbocycles. The molecule has 1 rings (SSSR count). The number of hydroxylamine groups is 2. The number of hydrogen-bond acceptors (Lipinski definition) is 5. The van der Waals surface area contributed by atoms with E-state index in [0.29, 0.717) is 5.95 Å². The van der Waals surface area contributed by atoms with Gasteiger partial charge >= 0.3 is 5.95 Å². The molecule has 1 heterocycles. The molecule has 0 bridgehead atoms. The Balaban J connectivity index is 2.95. The molecule has 66 valence electrons. The zero-order chi connectivity index (χ0) is 9.03. The molecule has 0 unspecified atom stereocenters. The number of aromatic nitrogens is 3. The molecule has 0 atom stereocenters. The standard InChI is InChI=1S/C6H11N4O2/c1-10(11-2,12-3)6-8-4-7-5-9-6/h4-5H,1-3H3/q+1. The Morgan fingerprint density at radius 3 is 2.08 bits per heavy atom. The van der Waals surface area contributed by atoms with E-state index in [0.717, 1.165) is 0 Å². The second-order valence-electron chi connectivity index (χ2n) is 2.15. The molecule has 0 aliphatic heterocycles. The van der Waals surface area contributed by atoms with Gasteiger partial charge in [-0.2, -0.15) is 19.6 Å². The molecule has 0 radical (unpaired) electrons. The van der Waals surface area contributed by atoms with Crippen LogP contribution in [0, 0.1) is 0 Å². The zero-order valence-electron chi connectivity index (χ0n) is 7.26. The highest BCUT2D eigenvalue weighted by molar-refractivity contribution is 5.12. The van der Waals surface area contributed by atoms with Crippen LogP contribution >= 0.6 is 0 Å². The number of hydrogen-bond donors (Lipinski definition) is 0. The summed E-state index contributed by atoms with van der Waals surface area (Å²) in [5.41, 5.74) is 0. The molecule has 0 saturated carbocycles. The highest BCUT2D eigenvalue weighted by Crippen LogP contribution is 2.12. The second kappa shape index (κ2) is 3.53. The summed E-state index contributed by atoms with van der Waals surface area (Å²) in [4.78, 5) is 21.3. The van der Waals surface area contributed by atoms with Gasteiger partial charge in [0.05, 0.1) is 0 Å². The second-order valence-corrected chi connectivity index (χ2v) is 2.15. The van der Waals surface area contributed by atoms with E-state index in [1.807, 2.05) is 0 Å². The van der Waals surface area contributed by atoms with Crippen LogP contribution in [0.3, 0.4) is 0 Å². The Bertz CT molecular complexity index is 237. The van der Waals surface area contributed by atoms with Crippen LogP contribution in [0.1, 0.15) is 0 Å². The third kappa shape index (κ3) is 1.55. The Hall–Kier alpha value is -1.11. The summed E-state index contributed by atoms with van der Waals surface area (Å²) in [6, 6.07) is 0. The van der Waals surface area contributed by atoms with Gasteiger partial charge in [-0.1, -0.05) is 0 Å². The van der Waals surface area contributed by atoms with Gasteiger partial charge in [-0.25, -0.2) is 4.98 Å². The highest BCUT2D eigenvalue weighted by atomic mass is 17.0. The molecule has 0 amide bonds. The van der Waals surface area contributed by atoms with Crippen LogP contribution in [-0.2, 0) is 9.68 Å². The lowest BCUT2D eigenvalue weighted by Crippen LogP contribution is -2.43. The molecule has 12 heavy (non-hydrogen) atoms. The molecule has 0 saturated heterocycles. The normalized spacial score (nSPS) is 11.6.